The normalized spacial score (nSPS) is 21.2. The van der Waals surface area contributed by atoms with Gasteiger partial charge in [0.15, 0.2) is 0 Å². The second-order valence-corrected chi connectivity index (χ2v) is 7.06. The van der Waals surface area contributed by atoms with Crippen molar-refractivity contribution in [2.24, 2.45) is 11.7 Å². The molecule has 1 aliphatic carbocycles. The molecule has 3 rings (SSSR count). The van der Waals surface area contributed by atoms with Crippen molar-refractivity contribution in [1.29, 1.82) is 0 Å². The molecule has 0 aromatic heterocycles. The third kappa shape index (κ3) is 4.48. The minimum atomic E-state index is -0.825. The highest BCUT2D eigenvalue weighted by molar-refractivity contribution is 5.98. The van der Waals surface area contributed by atoms with E-state index in [1.54, 1.807) is 0 Å². The molecule has 5 heteroatoms. The summed E-state index contributed by atoms with van der Waals surface area (Å²) < 4.78 is 11.2. The number of nitrogens with two attached hydrogens (primary N) is 1. The van der Waals surface area contributed by atoms with Crippen LogP contribution in [0.5, 0.6) is 5.75 Å². The van der Waals surface area contributed by atoms with E-state index in [1.165, 1.54) is 32.1 Å². The first-order valence-corrected chi connectivity index (χ1v) is 9.07. The summed E-state index contributed by atoms with van der Waals surface area (Å²) in [5, 5.41) is 2.91. The third-order valence-electron chi connectivity index (χ3n) is 5.16. The lowest BCUT2D eigenvalue weighted by Gasteiger charge is -2.31. The Balaban J connectivity index is 1.49. The average Bonchev–Trinajstić information content (AvgIpc) is 2.62. The highest BCUT2D eigenvalue weighted by atomic mass is 16.5. The van der Waals surface area contributed by atoms with Gasteiger partial charge in [-0.25, -0.2) is 0 Å². The van der Waals surface area contributed by atoms with Crippen molar-refractivity contribution >= 4 is 11.6 Å². The summed E-state index contributed by atoms with van der Waals surface area (Å²) in [6.07, 6.45) is 7.67. The van der Waals surface area contributed by atoms with Crippen LogP contribution < -0.4 is 15.8 Å². The van der Waals surface area contributed by atoms with Crippen molar-refractivity contribution in [2.45, 2.75) is 50.5 Å². The molecule has 0 atom stereocenters. The van der Waals surface area contributed by atoms with E-state index in [1.807, 2.05) is 24.3 Å². The first kappa shape index (κ1) is 17.2. The average molecular weight is 332 g/mol. The maximum absolute atomic E-state index is 12.4. The van der Waals surface area contributed by atoms with E-state index in [2.05, 4.69) is 5.32 Å². The van der Waals surface area contributed by atoms with Gasteiger partial charge in [-0.2, -0.15) is 0 Å². The number of ether oxygens (including phenoxy) is 2. The zero-order valence-corrected chi connectivity index (χ0v) is 14.3. The van der Waals surface area contributed by atoms with Crippen LogP contribution in [0.2, 0.25) is 0 Å². The molecule has 2 fully saturated rings. The lowest BCUT2D eigenvalue weighted by molar-refractivity contribution is -0.124. The number of carbonyl (C=O) groups excluding carboxylic acids is 1. The monoisotopic (exact) mass is 332 g/mol. The second kappa shape index (κ2) is 7.99. The topological polar surface area (TPSA) is 73.6 Å². The smallest absolute Gasteiger partial charge is 0.244 e. The van der Waals surface area contributed by atoms with Gasteiger partial charge >= 0.3 is 0 Å². The van der Waals surface area contributed by atoms with Crippen LogP contribution in [-0.2, 0) is 9.53 Å². The van der Waals surface area contributed by atoms with Crippen LogP contribution in [-0.4, -0.2) is 31.3 Å². The van der Waals surface area contributed by atoms with Gasteiger partial charge in [0.2, 0.25) is 5.91 Å². The van der Waals surface area contributed by atoms with Crippen LogP contribution in [0.4, 0.5) is 5.69 Å². The molecule has 1 saturated carbocycles. The minimum Gasteiger partial charge on any atom is -0.493 e. The summed E-state index contributed by atoms with van der Waals surface area (Å²) >= 11 is 0. The standard InChI is InChI=1S/C19H28N2O3/c20-19(10-12-23-13-11-19)18(22)21-16-6-8-17(9-7-16)24-14-15-4-2-1-3-5-15/h6-9,15H,1-5,10-14,20H2,(H,21,22). The number of hydrogen-bond acceptors (Lipinski definition) is 4. The van der Waals surface area contributed by atoms with E-state index >= 15 is 0 Å². The van der Waals surface area contributed by atoms with Crippen LogP contribution in [0.3, 0.4) is 0 Å². The van der Waals surface area contributed by atoms with Crippen LogP contribution >= 0.6 is 0 Å². The zero-order valence-electron chi connectivity index (χ0n) is 14.3. The van der Waals surface area contributed by atoms with E-state index in [-0.39, 0.29) is 5.91 Å². The highest BCUT2D eigenvalue weighted by Gasteiger charge is 2.35. The molecule has 5 nitrogen and oxygen atoms in total. The largest absolute Gasteiger partial charge is 0.493 e. The predicted molar refractivity (Wildman–Crippen MR) is 94.1 cm³/mol. The predicted octanol–water partition coefficient (Wildman–Crippen LogP) is 3.09. The molecule has 3 N–H and O–H groups in total. The van der Waals surface area contributed by atoms with Crippen molar-refractivity contribution in [3.8, 4) is 5.75 Å². The molecule has 1 aliphatic heterocycles. The molecule has 0 spiro atoms. The molecule has 24 heavy (non-hydrogen) atoms. The summed E-state index contributed by atoms with van der Waals surface area (Å²) in [4.78, 5) is 12.4. The van der Waals surface area contributed by atoms with Crippen molar-refractivity contribution in [2.75, 3.05) is 25.1 Å². The summed E-state index contributed by atoms with van der Waals surface area (Å²) in [7, 11) is 0. The summed E-state index contributed by atoms with van der Waals surface area (Å²) in [6.45, 7) is 1.87. The lowest BCUT2D eigenvalue weighted by Crippen LogP contribution is -2.54. The number of anilines is 1. The van der Waals surface area contributed by atoms with Crippen LogP contribution in [0, 0.1) is 5.92 Å². The molecule has 1 amide bonds. The highest BCUT2D eigenvalue weighted by Crippen LogP contribution is 2.25. The van der Waals surface area contributed by atoms with Gasteiger partial charge in [0.1, 0.15) is 11.3 Å². The second-order valence-electron chi connectivity index (χ2n) is 7.06. The van der Waals surface area contributed by atoms with E-state index in [0.29, 0.717) is 32.0 Å². The summed E-state index contributed by atoms with van der Waals surface area (Å²) in [5.74, 6) is 1.40. The fraction of sp³-hybridized carbons (Fsp3) is 0.632. The van der Waals surface area contributed by atoms with E-state index < -0.39 is 5.54 Å². The Bertz CT molecular complexity index is 532. The Kier molecular flexibility index (Phi) is 5.74. The lowest BCUT2D eigenvalue weighted by atomic mass is 9.90. The van der Waals surface area contributed by atoms with Crippen LogP contribution in [0.15, 0.2) is 24.3 Å². The van der Waals surface area contributed by atoms with Gasteiger partial charge < -0.3 is 20.5 Å². The molecular weight excluding hydrogens is 304 g/mol. The zero-order chi connectivity index (χ0) is 16.8. The van der Waals surface area contributed by atoms with Crippen LogP contribution in [0.25, 0.3) is 0 Å². The fourth-order valence-electron chi connectivity index (χ4n) is 3.42. The number of nitrogens with one attached hydrogen (secondary N) is 1. The molecule has 1 aromatic carbocycles. The first-order chi connectivity index (χ1) is 11.7. The van der Waals surface area contributed by atoms with Gasteiger partial charge in [-0.05, 0) is 55.9 Å². The number of hydrogen-bond donors (Lipinski definition) is 2. The Morgan fingerprint density at radius 2 is 1.83 bits per heavy atom. The molecule has 0 unspecified atom stereocenters. The van der Waals surface area contributed by atoms with Gasteiger partial charge in [-0.1, -0.05) is 19.3 Å². The van der Waals surface area contributed by atoms with Gasteiger partial charge in [0, 0.05) is 18.9 Å². The van der Waals surface area contributed by atoms with E-state index in [9.17, 15) is 4.79 Å². The maximum Gasteiger partial charge on any atom is 0.244 e. The Labute approximate surface area is 143 Å². The van der Waals surface area contributed by atoms with Crippen molar-refractivity contribution in [3.05, 3.63) is 24.3 Å². The Morgan fingerprint density at radius 3 is 2.50 bits per heavy atom. The molecule has 132 valence electrons. The number of benzene rings is 1. The fourth-order valence-corrected chi connectivity index (χ4v) is 3.42. The quantitative estimate of drug-likeness (QED) is 0.869. The summed E-state index contributed by atoms with van der Waals surface area (Å²) in [6, 6.07) is 7.56. The SMILES string of the molecule is NC1(C(=O)Nc2ccc(OCC3CCCCC3)cc2)CCOCC1. The van der Waals surface area contributed by atoms with Crippen molar-refractivity contribution in [3.63, 3.8) is 0 Å². The molecule has 0 bridgehead atoms. The van der Waals surface area contributed by atoms with E-state index in [4.69, 9.17) is 15.2 Å². The summed E-state index contributed by atoms with van der Waals surface area (Å²) in [5.41, 5.74) is 6.12. The van der Waals surface area contributed by atoms with Gasteiger partial charge in [0.25, 0.3) is 0 Å². The minimum absolute atomic E-state index is 0.137. The third-order valence-corrected chi connectivity index (χ3v) is 5.16. The Hall–Kier alpha value is -1.59. The first-order valence-electron chi connectivity index (χ1n) is 9.07. The van der Waals surface area contributed by atoms with Crippen molar-refractivity contribution < 1.29 is 14.3 Å². The maximum atomic E-state index is 12.4. The Morgan fingerprint density at radius 1 is 1.17 bits per heavy atom. The number of amides is 1. The number of carbonyl (C=O) groups is 1. The number of rotatable bonds is 5. The molecule has 1 heterocycles. The van der Waals surface area contributed by atoms with Crippen molar-refractivity contribution in [1.82, 2.24) is 0 Å². The van der Waals surface area contributed by atoms with Gasteiger partial charge in [-0.3, -0.25) is 4.79 Å². The molecule has 2 aliphatic rings. The van der Waals surface area contributed by atoms with Gasteiger partial charge in [-0.15, -0.1) is 0 Å². The molecule has 0 radical (unpaired) electrons. The van der Waals surface area contributed by atoms with E-state index in [0.717, 1.165) is 18.0 Å². The molecule has 1 aromatic rings. The van der Waals surface area contributed by atoms with Gasteiger partial charge in [0.05, 0.1) is 6.61 Å². The molecule has 1 saturated heterocycles. The van der Waals surface area contributed by atoms with Crippen LogP contribution in [0.1, 0.15) is 44.9 Å². The molecular formula is C19H28N2O3.